The van der Waals surface area contributed by atoms with Gasteiger partial charge in [-0.25, -0.2) is 19.2 Å². The number of nitrogens with zero attached hydrogens (tertiary/aromatic N) is 1. The molecule has 1 aliphatic heterocycles. The van der Waals surface area contributed by atoms with Gasteiger partial charge >= 0.3 is 24.0 Å². The minimum Gasteiger partial charge on any atom is -0.495 e. The molecule has 2 aromatic carbocycles. The number of hydrazone groups is 1. The third kappa shape index (κ3) is 5.85. The molecule has 0 radical (unpaired) electrons. The van der Waals surface area contributed by atoms with Crippen LogP contribution in [0.1, 0.15) is 20.7 Å². The number of carbonyl (C=O) groups is 5. The molecular weight excluding hydrogens is 476 g/mol. The van der Waals surface area contributed by atoms with E-state index in [2.05, 4.69) is 26.5 Å². The number of hydrogen-bond donors (Lipinski definition) is 5. The normalized spacial score (nSPS) is 13.5. The summed E-state index contributed by atoms with van der Waals surface area (Å²) >= 11 is 0. The lowest BCUT2D eigenvalue weighted by atomic mass is 10.1. The first kappa shape index (κ1) is 25.5. The molecule has 1 saturated heterocycles. The summed E-state index contributed by atoms with van der Waals surface area (Å²) in [7, 11) is 3.76. The lowest BCUT2D eigenvalue weighted by Gasteiger charge is -2.25. The number of methoxy groups -OCH3 is 3. The molecule has 0 unspecified atom stereocenters. The number of hydrogen-bond acceptors (Lipinski definition) is 10. The van der Waals surface area contributed by atoms with E-state index in [4.69, 9.17) is 14.2 Å². The first-order chi connectivity index (χ1) is 17.3. The molecule has 2 aromatic rings. The van der Waals surface area contributed by atoms with Crippen molar-refractivity contribution in [3.63, 3.8) is 0 Å². The van der Waals surface area contributed by atoms with E-state index in [0.717, 1.165) is 7.11 Å². The summed E-state index contributed by atoms with van der Waals surface area (Å²) < 4.78 is 14.7. The van der Waals surface area contributed by atoms with Crippen molar-refractivity contribution < 1.29 is 38.2 Å². The number of esters is 2. The monoisotopic (exact) mass is 498 g/mol. The van der Waals surface area contributed by atoms with Crippen LogP contribution in [0.15, 0.2) is 47.6 Å². The van der Waals surface area contributed by atoms with E-state index in [-0.39, 0.29) is 22.5 Å². The predicted octanol–water partition coefficient (Wildman–Crippen LogP) is 1.02. The maximum Gasteiger partial charge on any atom is 0.340 e. The summed E-state index contributed by atoms with van der Waals surface area (Å²) in [6.45, 7) is 0. The predicted molar refractivity (Wildman–Crippen MR) is 126 cm³/mol. The van der Waals surface area contributed by atoms with Crippen molar-refractivity contribution in [2.45, 2.75) is 6.17 Å². The van der Waals surface area contributed by atoms with Gasteiger partial charge in [-0.1, -0.05) is 12.1 Å². The van der Waals surface area contributed by atoms with Crippen LogP contribution in [0, 0.1) is 0 Å². The van der Waals surface area contributed by atoms with E-state index in [1.54, 1.807) is 24.3 Å². The van der Waals surface area contributed by atoms with Crippen LogP contribution < -0.4 is 31.4 Å². The van der Waals surface area contributed by atoms with Gasteiger partial charge in [-0.2, -0.15) is 5.10 Å². The molecule has 14 nitrogen and oxygen atoms in total. The third-order valence-electron chi connectivity index (χ3n) is 4.78. The minimum absolute atomic E-state index is 0.0149. The number of rotatable bonds is 8. The second-order valence-electron chi connectivity index (χ2n) is 7.01. The first-order valence-corrected chi connectivity index (χ1v) is 10.2. The number of benzene rings is 2. The van der Waals surface area contributed by atoms with Crippen LogP contribution in [0.2, 0.25) is 0 Å². The summed E-state index contributed by atoms with van der Waals surface area (Å²) in [5.74, 6) is -1.93. The van der Waals surface area contributed by atoms with Gasteiger partial charge in [0.15, 0.2) is 11.9 Å². The van der Waals surface area contributed by atoms with Gasteiger partial charge in [0, 0.05) is 0 Å². The number of ether oxygens (including phenoxy) is 3. The van der Waals surface area contributed by atoms with Crippen molar-refractivity contribution in [1.82, 2.24) is 16.0 Å². The highest BCUT2D eigenvalue weighted by Crippen LogP contribution is 2.23. The molecule has 0 saturated carbocycles. The summed E-state index contributed by atoms with van der Waals surface area (Å²) in [5.41, 5.74) is 2.46. The van der Waals surface area contributed by atoms with Crippen LogP contribution in [0.5, 0.6) is 5.75 Å². The molecule has 1 heterocycles. The molecule has 5 N–H and O–H groups in total. The fourth-order valence-corrected chi connectivity index (χ4v) is 3.08. The van der Waals surface area contributed by atoms with Gasteiger partial charge in [0.05, 0.1) is 43.8 Å². The summed E-state index contributed by atoms with van der Waals surface area (Å²) in [5, 5.41) is 13.3. The zero-order valence-electron chi connectivity index (χ0n) is 19.3. The Hall–Kier alpha value is -5.14. The van der Waals surface area contributed by atoms with Crippen LogP contribution in [0.25, 0.3) is 0 Å². The second kappa shape index (κ2) is 11.3. The number of amides is 5. The summed E-state index contributed by atoms with van der Waals surface area (Å²) in [6.07, 6.45) is -1.36. The maximum atomic E-state index is 13.2. The van der Waals surface area contributed by atoms with E-state index in [1.165, 1.54) is 32.4 Å². The van der Waals surface area contributed by atoms with Gasteiger partial charge in [0.1, 0.15) is 5.75 Å². The number of anilines is 2. The van der Waals surface area contributed by atoms with Crippen LogP contribution in [-0.4, -0.2) is 63.1 Å². The Morgan fingerprint density at radius 3 is 2.19 bits per heavy atom. The summed E-state index contributed by atoms with van der Waals surface area (Å²) in [6, 6.07) is 8.69. The SMILES string of the molecule is COC(=O)c1ccc(C(=O)OC)c(N/N=C(\C(=O)Nc2ccccc2OC)C2NC(=O)NC(=O)N2)c1. The molecule has 1 fully saturated rings. The topological polar surface area (TPSA) is 186 Å². The lowest BCUT2D eigenvalue weighted by Crippen LogP contribution is -2.66. The van der Waals surface area contributed by atoms with Crippen molar-refractivity contribution >= 4 is 47.0 Å². The Balaban J connectivity index is 2.02. The molecule has 3 rings (SSSR count). The zero-order chi connectivity index (χ0) is 26.2. The average Bonchev–Trinajstić information content (AvgIpc) is 2.87. The Morgan fingerprint density at radius 2 is 1.56 bits per heavy atom. The van der Waals surface area contributed by atoms with Gasteiger partial charge < -0.3 is 30.2 Å². The third-order valence-corrected chi connectivity index (χ3v) is 4.78. The molecule has 36 heavy (non-hydrogen) atoms. The van der Waals surface area contributed by atoms with Crippen LogP contribution in [0.4, 0.5) is 21.0 Å². The molecule has 0 atom stereocenters. The maximum absolute atomic E-state index is 13.2. The molecule has 0 aromatic heterocycles. The van der Waals surface area contributed by atoms with Gasteiger partial charge in [-0.3, -0.25) is 15.5 Å². The Morgan fingerprint density at radius 1 is 0.889 bits per heavy atom. The van der Waals surface area contributed by atoms with Crippen LogP contribution in [-0.2, 0) is 14.3 Å². The van der Waals surface area contributed by atoms with Crippen molar-refractivity contribution in [3.05, 3.63) is 53.6 Å². The Bertz CT molecular complexity index is 1230. The van der Waals surface area contributed by atoms with Crippen molar-refractivity contribution in [2.24, 2.45) is 5.10 Å². The standard InChI is InChI=1S/C22H22N6O8/c1-34-15-7-5-4-6-13(15)23-18(29)16(17-24-21(32)26-22(33)25-17)28-27-14-10-11(19(30)35-2)8-9-12(14)20(31)36-3/h4-10,17,27H,1-3H3,(H,23,29)(H3,24,25,26,32,33)/b28-16-. The lowest BCUT2D eigenvalue weighted by molar-refractivity contribution is -0.110. The van der Waals surface area contributed by atoms with Crippen molar-refractivity contribution in [3.8, 4) is 5.75 Å². The van der Waals surface area contributed by atoms with Gasteiger partial charge in [0.25, 0.3) is 5.91 Å². The molecule has 188 valence electrons. The van der Waals surface area contributed by atoms with E-state index in [1.807, 2.05) is 5.32 Å². The van der Waals surface area contributed by atoms with E-state index in [9.17, 15) is 24.0 Å². The zero-order valence-corrected chi connectivity index (χ0v) is 19.3. The molecular formula is C22H22N6O8. The second-order valence-corrected chi connectivity index (χ2v) is 7.01. The highest BCUT2D eigenvalue weighted by atomic mass is 16.5. The average molecular weight is 498 g/mol. The minimum atomic E-state index is -1.36. The Labute approximate surface area is 204 Å². The van der Waals surface area contributed by atoms with Gasteiger partial charge in [0.2, 0.25) is 0 Å². The molecule has 0 aliphatic carbocycles. The fraction of sp³-hybridized carbons (Fsp3) is 0.182. The number of nitrogens with one attached hydrogen (secondary N) is 5. The number of carbonyl (C=O) groups excluding carboxylic acids is 5. The fourth-order valence-electron chi connectivity index (χ4n) is 3.08. The van der Waals surface area contributed by atoms with Crippen LogP contribution in [0.3, 0.4) is 0 Å². The van der Waals surface area contributed by atoms with Crippen LogP contribution >= 0.6 is 0 Å². The Kier molecular flexibility index (Phi) is 8.02. The van der Waals surface area contributed by atoms with E-state index >= 15 is 0 Å². The largest absolute Gasteiger partial charge is 0.495 e. The van der Waals surface area contributed by atoms with E-state index < -0.39 is 41.8 Å². The molecule has 0 spiro atoms. The molecule has 1 aliphatic rings. The molecule has 5 amide bonds. The van der Waals surface area contributed by atoms with Crippen molar-refractivity contribution in [1.29, 1.82) is 0 Å². The van der Waals surface area contributed by atoms with Gasteiger partial charge in [-0.15, -0.1) is 0 Å². The summed E-state index contributed by atoms with van der Waals surface area (Å²) in [4.78, 5) is 61.1. The number of imide groups is 1. The smallest absolute Gasteiger partial charge is 0.340 e. The van der Waals surface area contributed by atoms with E-state index in [0.29, 0.717) is 5.75 Å². The number of para-hydroxylation sites is 2. The first-order valence-electron chi connectivity index (χ1n) is 10.2. The van der Waals surface area contributed by atoms with Crippen molar-refractivity contribution in [2.75, 3.05) is 32.1 Å². The highest BCUT2D eigenvalue weighted by Gasteiger charge is 2.31. The van der Waals surface area contributed by atoms with Gasteiger partial charge in [-0.05, 0) is 30.3 Å². The molecule has 0 bridgehead atoms. The quantitative estimate of drug-likeness (QED) is 0.201. The number of urea groups is 2. The highest BCUT2D eigenvalue weighted by molar-refractivity contribution is 6.45. The molecule has 14 heteroatoms.